The van der Waals surface area contributed by atoms with Gasteiger partial charge in [0.05, 0.1) is 18.1 Å². The van der Waals surface area contributed by atoms with Gasteiger partial charge in [-0.2, -0.15) is 5.10 Å². The second-order valence-electron chi connectivity index (χ2n) is 6.18. The van der Waals surface area contributed by atoms with E-state index in [1.54, 1.807) is 6.21 Å². The van der Waals surface area contributed by atoms with Crippen LogP contribution in [0, 0.1) is 0 Å². The summed E-state index contributed by atoms with van der Waals surface area (Å²) in [6, 6.07) is 17.7. The van der Waals surface area contributed by atoms with Crippen LogP contribution in [-0.2, 0) is 11.2 Å². The van der Waals surface area contributed by atoms with Crippen LogP contribution in [0.3, 0.4) is 0 Å². The van der Waals surface area contributed by atoms with E-state index in [-0.39, 0.29) is 11.2 Å². The quantitative estimate of drug-likeness (QED) is 0.427. The summed E-state index contributed by atoms with van der Waals surface area (Å²) in [7, 11) is 0. The highest BCUT2D eigenvalue weighted by molar-refractivity contribution is 8.15. The lowest BCUT2D eigenvalue weighted by atomic mass is 10.1. The summed E-state index contributed by atoms with van der Waals surface area (Å²) in [5, 5.41) is 11.4. The summed E-state index contributed by atoms with van der Waals surface area (Å²) in [5.41, 5.74) is 2.00. The number of nitrogens with zero attached hydrogens (tertiary/aromatic N) is 2. The van der Waals surface area contributed by atoms with E-state index in [0.717, 1.165) is 29.7 Å². The van der Waals surface area contributed by atoms with Gasteiger partial charge in [-0.05, 0) is 30.5 Å². The first-order valence-corrected chi connectivity index (χ1v) is 9.98. The van der Waals surface area contributed by atoms with Gasteiger partial charge in [-0.25, -0.2) is 0 Å². The maximum absolute atomic E-state index is 12.1. The van der Waals surface area contributed by atoms with Crippen LogP contribution in [0.5, 0.6) is 5.75 Å². The van der Waals surface area contributed by atoms with Gasteiger partial charge in [-0.15, -0.1) is 5.10 Å². The van der Waals surface area contributed by atoms with Crippen molar-refractivity contribution in [2.24, 2.45) is 10.2 Å². The van der Waals surface area contributed by atoms with E-state index in [1.807, 2.05) is 54.6 Å². The number of thioether (sulfide) groups is 1. The molecule has 0 spiro atoms. The minimum absolute atomic E-state index is 0.0268. The molecule has 0 aromatic heterocycles. The Morgan fingerprint density at radius 1 is 1.15 bits per heavy atom. The van der Waals surface area contributed by atoms with Crippen LogP contribution < -0.4 is 10.1 Å². The Bertz CT molecular complexity index is 821. The van der Waals surface area contributed by atoms with E-state index >= 15 is 0 Å². The van der Waals surface area contributed by atoms with Crippen molar-refractivity contribution in [3.63, 3.8) is 0 Å². The van der Waals surface area contributed by atoms with Gasteiger partial charge >= 0.3 is 0 Å². The number of rotatable bonds is 8. The van der Waals surface area contributed by atoms with Gasteiger partial charge in [0.2, 0.25) is 5.91 Å². The molecule has 6 heteroatoms. The Morgan fingerprint density at radius 3 is 2.74 bits per heavy atom. The predicted molar refractivity (Wildman–Crippen MR) is 112 cm³/mol. The molecular formula is C21H23N3O2S. The topological polar surface area (TPSA) is 63.1 Å². The van der Waals surface area contributed by atoms with Gasteiger partial charge in [-0.1, -0.05) is 67.6 Å². The summed E-state index contributed by atoms with van der Waals surface area (Å²) >= 11 is 1.41. The zero-order valence-electron chi connectivity index (χ0n) is 15.3. The molecule has 1 atom stereocenters. The fraction of sp³-hybridized carbons (Fsp3) is 0.286. The Balaban J connectivity index is 1.60. The minimum Gasteiger partial charge on any atom is -0.493 e. The second kappa shape index (κ2) is 9.92. The predicted octanol–water partition coefficient (Wildman–Crippen LogP) is 4.03. The maximum Gasteiger partial charge on any atom is 0.239 e. The first-order valence-electron chi connectivity index (χ1n) is 9.10. The van der Waals surface area contributed by atoms with E-state index in [9.17, 15) is 4.79 Å². The summed E-state index contributed by atoms with van der Waals surface area (Å²) in [5.74, 6) is 0.765. The van der Waals surface area contributed by atoms with Gasteiger partial charge in [0.25, 0.3) is 0 Å². The number of para-hydroxylation sites is 1. The number of hydrogen-bond acceptors (Lipinski definition) is 5. The van der Waals surface area contributed by atoms with Crippen molar-refractivity contribution in [3.8, 4) is 5.75 Å². The summed E-state index contributed by atoms with van der Waals surface area (Å²) in [4.78, 5) is 12.1. The van der Waals surface area contributed by atoms with Gasteiger partial charge < -0.3 is 10.1 Å². The highest BCUT2D eigenvalue weighted by Gasteiger charge is 2.30. The number of carbonyl (C=O) groups is 1. The molecule has 1 heterocycles. The smallest absolute Gasteiger partial charge is 0.239 e. The molecule has 5 nitrogen and oxygen atoms in total. The Morgan fingerprint density at radius 2 is 1.93 bits per heavy atom. The lowest BCUT2D eigenvalue weighted by Crippen LogP contribution is -2.25. The monoisotopic (exact) mass is 381 g/mol. The van der Waals surface area contributed by atoms with Crippen LogP contribution >= 0.6 is 11.8 Å². The molecule has 0 bridgehead atoms. The van der Waals surface area contributed by atoms with Crippen LogP contribution in [0.2, 0.25) is 0 Å². The van der Waals surface area contributed by atoms with Gasteiger partial charge in [0.1, 0.15) is 5.75 Å². The number of ether oxygens (including phenoxy) is 1. The first-order chi connectivity index (χ1) is 13.3. The van der Waals surface area contributed by atoms with Crippen LogP contribution in [0.4, 0.5) is 0 Å². The fourth-order valence-electron chi connectivity index (χ4n) is 2.60. The van der Waals surface area contributed by atoms with E-state index in [0.29, 0.717) is 18.2 Å². The molecule has 1 aliphatic rings. The average Bonchev–Trinajstić information content (AvgIpc) is 3.03. The van der Waals surface area contributed by atoms with Crippen molar-refractivity contribution in [1.82, 2.24) is 5.32 Å². The molecule has 27 heavy (non-hydrogen) atoms. The van der Waals surface area contributed by atoms with Crippen molar-refractivity contribution < 1.29 is 9.53 Å². The maximum atomic E-state index is 12.1. The lowest BCUT2D eigenvalue weighted by Gasteiger charge is -2.07. The van der Waals surface area contributed by atoms with Crippen molar-refractivity contribution in [2.45, 2.75) is 31.4 Å². The van der Waals surface area contributed by atoms with E-state index < -0.39 is 0 Å². The highest BCUT2D eigenvalue weighted by Crippen LogP contribution is 2.23. The molecule has 0 aliphatic carbocycles. The molecule has 140 valence electrons. The van der Waals surface area contributed by atoms with E-state index in [1.165, 1.54) is 11.8 Å². The molecule has 0 saturated carbocycles. The van der Waals surface area contributed by atoms with Gasteiger partial charge in [0.15, 0.2) is 5.17 Å². The Hall–Kier alpha value is -2.60. The second-order valence-corrected chi connectivity index (χ2v) is 7.37. The molecule has 2 aromatic carbocycles. The van der Waals surface area contributed by atoms with Crippen molar-refractivity contribution >= 4 is 29.1 Å². The minimum atomic E-state index is -0.175. The summed E-state index contributed by atoms with van der Waals surface area (Å²) in [6.45, 7) is 2.81. The fourth-order valence-corrected chi connectivity index (χ4v) is 3.57. The first kappa shape index (κ1) is 19.2. The SMILES string of the molecule is CCCCOc1ccccc1/C=N/N=C1\NC(=O)C(Cc2ccccc2)S1. The average molecular weight is 382 g/mol. The van der Waals surface area contributed by atoms with Gasteiger partial charge in [0, 0.05) is 5.56 Å². The highest BCUT2D eigenvalue weighted by atomic mass is 32.2. The number of amidine groups is 1. The lowest BCUT2D eigenvalue weighted by molar-refractivity contribution is -0.118. The number of carbonyl (C=O) groups excluding carboxylic acids is 1. The Labute approximate surface area is 163 Å². The van der Waals surface area contributed by atoms with E-state index in [2.05, 4.69) is 22.4 Å². The third kappa shape index (κ3) is 5.69. The number of hydrogen-bond donors (Lipinski definition) is 1. The molecule has 0 radical (unpaired) electrons. The molecule has 1 amide bonds. The van der Waals surface area contributed by atoms with Crippen LogP contribution in [0.15, 0.2) is 64.8 Å². The summed E-state index contributed by atoms with van der Waals surface area (Å²) < 4.78 is 5.79. The molecular weight excluding hydrogens is 358 g/mol. The van der Waals surface area contributed by atoms with Crippen molar-refractivity contribution in [2.75, 3.05) is 6.61 Å². The third-order valence-electron chi connectivity index (χ3n) is 4.06. The van der Waals surface area contributed by atoms with Crippen molar-refractivity contribution in [3.05, 3.63) is 65.7 Å². The number of unbranched alkanes of at least 4 members (excludes halogenated alkanes) is 1. The standard InChI is InChI=1S/C21H23N3O2S/c1-2-3-13-26-18-12-8-7-11-17(18)15-22-24-21-23-20(25)19(27-21)14-16-9-5-4-6-10-16/h4-12,15,19H,2-3,13-14H2,1H3,(H,23,24,25)/b22-15+. The number of amides is 1. The molecule has 1 fully saturated rings. The zero-order valence-corrected chi connectivity index (χ0v) is 16.1. The largest absolute Gasteiger partial charge is 0.493 e. The molecule has 1 aliphatic heterocycles. The van der Waals surface area contributed by atoms with Crippen LogP contribution in [0.1, 0.15) is 30.9 Å². The van der Waals surface area contributed by atoms with Crippen molar-refractivity contribution in [1.29, 1.82) is 0 Å². The third-order valence-corrected chi connectivity index (χ3v) is 5.13. The number of benzene rings is 2. The molecule has 3 rings (SSSR count). The van der Waals surface area contributed by atoms with Crippen LogP contribution in [0.25, 0.3) is 0 Å². The molecule has 1 saturated heterocycles. The molecule has 1 unspecified atom stereocenters. The van der Waals surface area contributed by atoms with E-state index in [4.69, 9.17) is 4.74 Å². The van der Waals surface area contributed by atoms with Crippen LogP contribution in [-0.4, -0.2) is 29.1 Å². The molecule has 2 aromatic rings. The Kier molecular flexibility index (Phi) is 7.04. The summed E-state index contributed by atoms with van der Waals surface area (Å²) in [6.07, 6.45) is 4.43. The molecule has 1 N–H and O–H groups in total. The zero-order chi connectivity index (χ0) is 18.9. The number of nitrogens with one attached hydrogen (secondary N) is 1. The normalized spacial score (nSPS) is 18.2. The van der Waals surface area contributed by atoms with Gasteiger partial charge in [-0.3, -0.25) is 4.79 Å².